The van der Waals surface area contributed by atoms with E-state index < -0.39 is 0 Å². The zero-order chi connectivity index (χ0) is 19.0. The lowest BCUT2D eigenvalue weighted by Gasteiger charge is -2.34. The summed E-state index contributed by atoms with van der Waals surface area (Å²) in [6.45, 7) is 7.19. The van der Waals surface area contributed by atoms with E-state index in [1.165, 1.54) is 0 Å². The van der Waals surface area contributed by atoms with Crippen LogP contribution in [-0.2, 0) is 4.74 Å². The van der Waals surface area contributed by atoms with Gasteiger partial charge in [-0.05, 0) is 19.1 Å². The molecule has 1 fully saturated rings. The quantitative estimate of drug-likeness (QED) is 0.708. The van der Waals surface area contributed by atoms with Crippen molar-refractivity contribution in [2.45, 2.75) is 32.7 Å². The van der Waals surface area contributed by atoms with Crippen molar-refractivity contribution in [1.82, 2.24) is 20.0 Å². The van der Waals surface area contributed by atoms with Crippen LogP contribution < -0.4 is 0 Å². The van der Waals surface area contributed by atoms with Crippen LogP contribution in [0.25, 0.3) is 10.9 Å². The first-order valence-corrected chi connectivity index (χ1v) is 9.13. The molecule has 0 unspecified atom stereocenters. The van der Waals surface area contributed by atoms with Gasteiger partial charge < -0.3 is 14.2 Å². The molecular weight excluding hydrogens is 344 g/mol. The number of amides is 1. The number of rotatable bonds is 3. The number of aryl methyl sites for hydroxylation is 1. The number of carbonyl (C=O) groups excluding carboxylic acids is 1. The Morgan fingerprint density at radius 2 is 2.07 bits per heavy atom. The second kappa shape index (κ2) is 7.08. The maximum absolute atomic E-state index is 13.4. The molecule has 3 heterocycles. The first-order chi connectivity index (χ1) is 13.0. The lowest BCUT2D eigenvalue weighted by molar-refractivity contribution is -0.00567. The van der Waals surface area contributed by atoms with E-state index >= 15 is 0 Å². The minimum absolute atomic E-state index is 0.0686. The Balaban J connectivity index is 1.73. The van der Waals surface area contributed by atoms with Crippen molar-refractivity contribution in [3.63, 3.8) is 0 Å². The highest BCUT2D eigenvalue weighted by Crippen LogP contribution is 2.28. The van der Waals surface area contributed by atoms with Gasteiger partial charge in [-0.15, -0.1) is 0 Å². The maximum atomic E-state index is 13.4. The lowest BCUT2D eigenvalue weighted by Crippen LogP contribution is -2.44. The summed E-state index contributed by atoms with van der Waals surface area (Å²) >= 11 is 0. The Labute approximate surface area is 157 Å². The van der Waals surface area contributed by atoms with Gasteiger partial charge in [-0.1, -0.05) is 37.2 Å². The molecule has 27 heavy (non-hydrogen) atoms. The van der Waals surface area contributed by atoms with Gasteiger partial charge >= 0.3 is 0 Å². The van der Waals surface area contributed by atoms with Crippen LogP contribution in [0.2, 0.25) is 0 Å². The van der Waals surface area contributed by atoms with Gasteiger partial charge in [0.1, 0.15) is 6.04 Å². The third kappa shape index (κ3) is 3.30. The van der Waals surface area contributed by atoms with Crippen molar-refractivity contribution in [2.75, 3.05) is 19.8 Å². The van der Waals surface area contributed by atoms with E-state index in [9.17, 15) is 4.79 Å². The molecule has 1 aromatic carbocycles. The highest BCUT2D eigenvalue weighted by molar-refractivity contribution is 6.06. The Kier molecular flexibility index (Phi) is 4.61. The number of carbonyl (C=O) groups is 1. The Morgan fingerprint density at radius 1 is 1.26 bits per heavy atom. The first-order valence-electron chi connectivity index (χ1n) is 9.13. The van der Waals surface area contributed by atoms with E-state index in [-0.39, 0.29) is 17.9 Å². The Hall–Kier alpha value is -2.80. The van der Waals surface area contributed by atoms with Crippen LogP contribution in [0.15, 0.2) is 34.9 Å². The number of aromatic nitrogens is 3. The van der Waals surface area contributed by atoms with Crippen molar-refractivity contribution >= 4 is 16.8 Å². The van der Waals surface area contributed by atoms with E-state index in [4.69, 9.17) is 9.26 Å². The van der Waals surface area contributed by atoms with Gasteiger partial charge in [0.15, 0.2) is 5.82 Å². The average Bonchev–Trinajstić information content (AvgIpc) is 3.17. The molecule has 2 aromatic heterocycles. The fraction of sp³-hybridized carbons (Fsp3) is 0.400. The molecule has 1 saturated heterocycles. The van der Waals surface area contributed by atoms with E-state index in [0.29, 0.717) is 37.0 Å². The minimum Gasteiger partial charge on any atom is -0.377 e. The molecule has 0 radical (unpaired) electrons. The summed E-state index contributed by atoms with van der Waals surface area (Å²) < 4.78 is 10.9. The number of ether oxygens (including phenoxy) is 1. The third-order valence-corrected chi connectivity index (χ3v) is 4.71. The normalized spacial score (nSPS) is 17.6. The molecule has 0 N–H and O–H groups in total. The lowest BCUT2D eigenvalue weighted by atomic mass is 10.0. The third-order valence-electron chi connectivity index (χ3n) is 4.71. The minimum atomic E-state index is -0.366. The van der Waals surface area contributed by atoms with Crippen LogP contribution in [0.1, 0.15) is 53.6 Å². The molecule has 3 aromatic rings. The average molecular weight is 366 g/mol. The summed E-state index contributed by atoms with van der Waals surface area (Å²) in [5.41, 5.74) is 2.26. The number of para-hydroxylation sites is 1. The van der Waals surface area contributed by atoms with Gasteiger partial charge in [0, 0.05) is 23.5 Å². The largest absolute Gasteiger partial charge is 0.377 e. The number of benzene rings is 1. The van der Waals surface area contributed by atoms with Crippen molar-refractivity contribution < 1.29 is 14.1 Å². The molecule has 1 atom stereocenters. The summed E-state index contributed by atoms with van der Waals surface area (Å²) in [7, 11) is 0. The fourth-order valence-corrected chi connectivity index (χ4v) is 3.32. The van der Waals surface area contributed by atoms with E-state index in [1.54, 1.807) is 4.90 Å². The van der Waals surface area contributed by atoms with Crippen LogP contribution in [0.5, 0.6) is 0 Å². The molecule has 0 saturated carbocycles. The predicted molar refractivity (Wildman–Crippen MR) is 99.5 cm³/mol. The highest BCUT2D eigenvalue weighted by Gasteiger charge is 2.33. The molecular formula is C20H22N4O3. The zero-order valence-corrected chi connectivity index (χ0v) is 15.7. The van der Waals surface area contributed by atoms with Crippen molar-refractivity contribution in [1.29, 1.82) is 0 Å². The van der Waals surface area contributed by atoms with Crippen LogP contribution in [-0.4, -0.2) is 45.7 Å². The van der Waals surface area contributed by atoms with Gasteiger partial charge in [0.05, 0.1) is 24.3 Å². The van der Waals surface area contributed by atoms with Crippen molar-refractivity contribution in [2.24, 2.45) is 0 Å². The van der Waals surface area contributed by atoms with Crippen molar-refractivity contribution in [3.8, 4) is 0 Å². The summed E-state index contributed by atoms with van der Waals surface area (Å²) in [6.07, 6.45) is 0. The van der Waals surface area contributed by atoms with E-state index in [0.717, 1.165) is 16.6 Å². The van der Waals surface area contributed by atoms with Crippen LogP contribution in [0, 0.1) is 6.92 Å². The number of nitrogens with zero attached hydrogens (tertiary/aromatic N) is 4. The number of morpholine rings is 1. The molecule has 1 aliphatic rings. The zero-order valence-electron chi connectivity index (χ0n) is 15.7. The van der Waals surface area contributed by atoms with Crippen LogP contribution in [0.4, 0.5) is 0 Å². The standard InChI is InChI=1S/C20H22N4O3/c1-12(2)19-22-18(23-27-19)17-11-26-9-8-24(17)20(25)15-10-13(3)21-16-7-5-4-6-14(15)16/h4-7,10,12,17H,8-9,11H2,1-3H3/t17-/m0/s1. The smallest absolute Gasteiger partial charge is 0.255 e. The van der Waals surface area contributed by atoms with Gasteiger partial charge in [0.2, 0.25) is 5.89 Å². The molecule has 7 nitrogen and oxygen atoms in total. The summed E-state index contributed by atoms with van der Waals surface area (Å²) in [5.74, 6) is 1.11. The van der Waals surface area contributed by atoms with Gasteiger partial charge in [-0.3, -0.25) is 9.78 Å². The molecule has 140 valence electrons. The number of fused-ring (bicyclic) bond motifs is 1. The van der Waals surface area contributed by atoms with Gasteiger partial charge in [0.25, 0.3) is 5.91 Å². The molecule has 4 rings (SSSR count). The highest BCUT2D eigenvalue weighted by atomic mass is 16.5. The van der Waals surface area contributed by atoms with Crippen LogP contribution >= 0.6 is 0 Å². The second-order valence-corrected chi connectivity index (χ2v) is 7.06. The van der Waals surface area contributed by atoms with Crippen LogP contribution in [0.3, 0.4) is 0 Å². The summed E-state index contributed by atoms with van der Waals surface area (Å²) in [4.78, 5) is 24.2. The van der Waals surface area contributed by atoms with Gasteiger partial charge in [-0.25, -0.2) is 0 Å². The molecule has 0 spiro atoms. The summed E-state index contributed by atoms with van der Waals surface area (Å²) in [6, 6.07) is 9.16. The van der Waals surface area contributed by atoms with E-state index in [1.807, 2.05) is 51.1 Å². The van der Waals surface area contributed by atoms with Gasteiger partial charge in [-0.2, -0.15) is 4.98 Å². The molecule has 1 aliphatic heterocycles. The predicted octanol–water partition coefficient (Wildman–Crippen LogP) is 3.26. The molecule has 7 heteroatoms. The molecule has 1 amide bonds. The SMILES string of the molecule is Cc1cc(C(=O)N2CCOC[C@H]2c2noc(C(C)C)n2)c2ccccc2n1. The van der Waals surface area contributed by atoms with Crippen molar-refractivity contribution in [3.05, 3.63) is 53.3 Å². The topological polar surface area (TPSA) is 81.4 Å². The monoisotopic (exact) mass is 366 g/mol. The maximum Gasteiger partial charge on any atom is 0.255 e. The molecule has 0 bridgehead atoms. The number of hydrogen-bond acceptors (Lipinski definition) is 6. The second-order valence-electron chi connectivity index (χ2n) is 7.06. The van der Waals surface area contributed by atoms with E-state index in [2.05, 4.69) is 15.1 Å². The molecule has 0 aliphatic carbocycles. The fourth-order valence-electron chi connectivity index (χ4n) is 3.32. The number of pyridine rings is 1. The summed E-state index contributed by atoms with van der Waals surface area (Å²) in [5, 5.41) is 4.94. The Bertz CT molecular complexity index is 982. The first kappa shape index (κ1) is 17.6. The Morgan fingerprint density at radius 3 is 2.85 bits per heavy atom. The number of hydrogen-bond donors (Lipinski definition) is 0.